The van der Waals surface area contributed by atoms with Crippen LogP contribution in [0.2, 0.25) is 0 Å². The third-order valence-corrected chi connectivity index (χ3v) is 4.40. The zero-order valence-corrected chi connectivity index (χ0v) is 16.8. The van der Waals surface area contributed by atoms with Crippen molar-refractivity contribution in [2.45, 2.75) is 19.9 Å². The zero-order chi connectivity index (χ0) is 21.7. The summed E-state index contributed by atoms with van der Waals surface area (Å²) in [5, 5.41) is 5.14. The topological polar surface area (TPSA) is 116 Å². The molecule has 0 spiro atoms. The Balaban J connectivity index is 1.91. The Morgan fingerprint density at radius 1 is 1.17 bits per heavy atom. The first-order chi connectivity index (χ1) is 14.4. The van der Waals surface area contributed by atoms with Gasteiger partial charge in [0.25, 0.3) is 0 Å². The Morgan fingerprint density at radius 2 is 1.97 bits per heavy atom. The summed E-state index contributed by atoms with van der Waals surface area (Å²) >= 11 is 0. The van der Waals surface area contributed by atoms with Crippen molar-refractivity contribution in [2.75, 3.05) is 20.3 Å². The Hall–Kier alpha value is -3.75. The monoisotopic (exact) mass is 414 g/mol. The van der Waals surface area contributed by atoms with Crippen LogP contribution < -0.4 is 15.4 Å². The first kappa shape index (κ1) is 21.0. The fourth-order valence-electron chi connectivity index (χ4n) is 3.05. The quantitative estimate of drug-likeness (QED) is 0.669. The summed E-state index contributed by atoms with van der Waals surface area (Å²) in [6.07, 6.45) is 1.43. The number of hydrogen-bond donors (Lipinski definition) is 2. The van der Waals surface area contributed by atoms with E-state index in [0.717, 1.165) is 5.56 Å². The SMILES string of the molecule is CCOC(=O)C1=C(COC(=O)c2cc(C)ccc2OC)NC(=O)NC1c1ccco1. The summed E-state index contributed by atoms with van der Waals surface area (Å²) in [7, 11) is 1.45. The molecule has 0 saturated carbocycles. The van der Waals surface area contributed by atoms with Gasteiger partial charge in [-0.1, -0.05) is 11.6 Å². The van der Waals surface area contributed by atoms with E-state index < -0.39 is 24.0 Å². The molecule has 1 aromatic heterocycles. The molecular formula is C21H22N2O7. The van der Waals surface area contributed by atoms with Crippen molar-refractivity contribution in [1.29, 1.82) is 0 Å². The minimum absolute atomic E-state index is 0.0930. The van der Waals surface area contributed by atoms with E-state index in [2.05, 4.69) is 10.6 Å². The predicted molar refractivity (Wildman–Crippen MR) is 105 cm³/mol. The Kier molecular flexibility index (Phi) is 6.41. The summed E-state index contributed by atoms with van der Waals surface area (Å²) in [4.78, 5) is 37.4. The fraction of sp³-hybridized carbons (Fsp3) is 0.286. The molecule has 0 radical (unpaired) electrons. The van der Waals surface area contributed by atoms with Gasteiger partial charge in [0.05, 0.1) is 31.2 Å². The van der Waals surface area contributed by atoms with Crippen LogP contribution >= 0.6 is 0 Å². The van der Waals surface area contributed by atoms with Crippen molar-refractivity contribution in [3.05, 3.63) is 64.8 Å². The normalized spacial score (nSPS) is 15.8. The molecule has 3 rings (SSSR count). The van der Waals surface area contributed by atoms with Gasteiger partial charge in [0.1, 0.15) is 29.7 Å². The van der Waals surface area contributed by atoms with Gasteiger partial charge in [0.15, 0.2) is 0 Å². The minimum Gasteiger partial charge on any atom is -0.496 e. The first-order valence-corrected chi connectivity index (χ1v) is 9.27. The molecule has 9 nitrogen and oxygen atoms in total. The number of nitrogens with one attached hydrogen (secondary N) is 2. The number of aryl methyl sites for hydroxylation is 1. The third kappa shape index (κ3) is 4.45. The molecule has 0 fully saturated rings. The molecule has 9 heteroatoms. The number of furan rings is 1. The molecule has 0 bridgehead atoms. The van der Waals surface area contributed by atoms with E-state index in [-0.39, 0.29) is 30.0 Å². The number of carbonyl (C=O) groups excluding carboxylic acids is 3. The summed E-state index contributed by atoms with van der Waals surface area (Å²) in [6.45, 7) is 3.28. The lowest BCUT2D eigenvalue weighted by Crippen LogP contribution is -2.47. The molecule has 30 heavy (non-hydrogen) atoms. The van der Waals surface area contributed by atoms with Gasteiger partial charge in [-0.2, -0.15) is 0 Å². The average molecular weight is 414 g/mol. The highest BCUT2D eigenvalue weighted by Gasteiger charge is 2.35. The molecular weight excluding hydrogens is 392 g/mol. The Bertz CT molecular complexity index is 979. The second-order valence-corrected chi connectivity index (χ2v) is 6.44. The van der Waals surface area contributed by atoms with E-state index in [1.54, 1.807) is 37.3 Å². The van der Waals surface area contributed by atoms with E-state index in [1.165, 1.54) is 13.4 Å². The largest absolute Gasteiger partial charge is 0.496 e. The highest BCUT2D eigenvalue weighted by molar-refractivity contribution is 5.96. The maximum atomic E-state index is 12.6. The summed E-state index contributed by atoms with van der Waals surface area (Å²) in [6, 6.07) is 6.91. The number of methoxy groups -OCH3 is 1. The van der Waals surface area contributed by atoms with Crippen LogP contribution in [0, 0.1) is 6.92 Å². The van der Waals surface area contributed by atoms with E-state index in [9.17, 15) is 14.4 Å². The van der Waals surface area contributed by atoms with Crippen molar-refractivity contribution < 1.29 is 33.0 Å². The van der Waals surface area contributed by atoms with Crippen LogP contribution in [0.5, 0.6) is 5.75 Å². The van der Waals surface area contributed by atoms with Gasteiger partial charge in [-0.15, -0.1) is 0 Å². The molecule has 158 valence electrons. The smallest absolute Gasteiger partial charge is 0.342 e. The number of carbonyl (C=O) groups is 3. The lowest BCUT2D eigenvalue weighted by atomic mass is 10.0. The van der Waals surface area contributed by atoms with E-state index >= 15 is 0 Å². The van der Waals surface area contributed by atoms with Crippen molar-refractivity contribution in [3.63, 3.8) is 0 Å². The second-order valence-electron chi connectivity index (χ2n) is 6.44. The number of ether oxygens (including phenoxy) is 3. The lowest BCUT2D eigenvalue weighted by molar-refractivity contribution is -0.139. The maximum absolute atomic E-state index is 12.6. The van der Waals surface area contributed by atoms with Gasteiger partial charge < -0.3 is 29.3 Å². The number of esters is 2. The molecule has 2 aromatic rings. The van der Waals surface area contributed by atoms with Crippen LogP contribution in [0.15, 0.2) is 52.3 Å². The molecule has 0 aliphatic carbocycles. The highest BCUT2D eigenvalue weighted by atomic mass is 16.5. The predicted octanol–water partition coefficient (Wildman–Crippen LogP) is 2.62. The van der Waals surface area contributed by atoms with Crippen LogP contribution in [0.4, 0.5) is 4.79 Å². The molecule has 0 saturated heterocycles. The standard InChI is InChI=1S/C21H22N2O7/c1-4-28-20(25)17-14(22-21(26)23-18(17)16-6-5-9-29-16)11-30-19(24)13-10-12(2)7-8-15(13)27-3/h5-10,18H,4,11H2,1-3H3,(H2,22,23,26). The van der Waals surface area contributed by atoms with Gasteiger partial charge >= 0.3 is 18.0 Å². The average Bonchev–Trinajstić information content (AvgIpc) is 3.26. The molecule has 2 amide bonds. The zero-order valence-electron chi connectivity index (χ0n) is 16.8. The first-order valence-electron chi connectivity index (χ1n) is 9.27. The van der Waals surface area contributed by atoms with Crippen LogP contribution in [0.25, 0.3) is 0 Å². The van der Waals surface area contributed by atoms with Crippen LogP contribution in [-0.2, 0) is 14.3 Å². The van der Waals surface area contributed by atoms with Gasteiger partial charge in [-0.05, 0) is 38.1 Å². The van der Waals surface area contributed by atoms with Gasteiger partial charge in [0.2, 0.25) is 0 Å². The number of amides is 2. The molecule has 1 aliphatic rings. The third-order valence-electron chi connectivity index (χ3n) is 4.40. The van der Waals surface area contributed by atoms with Crippen molar-refractivity contribution in [3.8, 4) is 5.75 Å². The van der Waals surface area contributed by atoms with Crippen molar-refractivity contribution >= 4 is 18.0 Å². The molecule has 2 heterocycles. The van der Waals surface area contributed by atoms with Crippen LogP contribution in [0.1, 0.15) is 34.6 Å². The van der Waals surface area contributed by atoms with Crippen molar-refractivity contribution in [1.82, 2.24) is 10.6 Å². The van der Waals surface area contributed by atoms with Gasteiger partial charge in [-0.3, -0.25) is 0 Å². The van der Waals surface area contributed by atoms with Crippen LogP contribution in [0.3, 0.4) is 0 Å². The summed E-state index contributed by atoms with van der Waals surface area (Å²) in [5.74, 6) is -0.621. The minimum atomic E-state index is -0.880. The number of hydrogen-bond acceptors (Lipinski definition) is 7. The Morgan fingerprint density at radius 3 is 2.63 bits per heavy atom. The molecule has 1 unspecified atom stereocenters. The van der Waals surface area contributed by atoms with Gasteiger partial charge in [-0.25, -0.2) is 14.4 Å². The number of urea groups is 1. The highest BCUT2D eigenvalue weighted by Crippen LogP contribution is 2.28. The number of rotatable bonds is 7. The van der Waals surface area contributed by atoms with Crippen LogP contribution in [-0.4, -0.2) is 38.3 Å². The molecule has 2 N–H and O–H groups in total. The fourth-order valence-corrected chi connectivity index (χ4v) is 3.05. The maximum Gasteiger partial charge on any atom is 0.342 e. The van der Waals surface area contributed by atoms with Crippen molar-refractivity contribution in [2.24, 2.45) is 0 Å². The van der Waals surface area contributed by atoms with E-state index in [1.807, 2.05) is 6.92 Å². The Labute approximate surface area is 173 Å². The molecule has 1 atom stereocenters. The number of benzene rings is 1. The second kappa shape index (κ2) is 9.17. The van der Waals surface area contributed by atoms with E-state index in [0.29, 0.717) is 11.5 Å². The summed E-state index contributed by atoms with van der Waals surface area (Å²) in [5.41, 5.74) is 1.29. The molecule has 1 aromatic carbocycles. The van der Waals surface area contributed by atoms with E-state index in [4.69, 9.17) is 18.6 Å². The summed E-state index contributed by atoms with van der Waals surface area (Å²) < 4.78 is 21.1. The molecule has 1 aliphatic heterocycles. The lowest BCUT2D eigenvalue weighted by Gasteiger charge is -2.27. The van der Waals surface area contributed by atoms with Gasteiger partial charge in [0, 0.05) is 0 Å².